The monoisotopic (exact) mass is 254 g/mol. The SMILES string of the molecule is O=[N+]([O-])c1ccccc1CCNCCOCCO. The number of para-hydroxylation sites is 1. The number of nitro groups is 1. The smallest absolute Gasteiger partial charge is 0.272 e. The van der Waals surface area contributed by atoms with Gasteiger partial charge in [0.25, 0.3) is 5.69 Å². The number of benzene rings is 1. The number of rotatable bonds is 9. The molecule has 0 fully saturated rings. The molecule has 2 N–H and O–H groups in total. The Morgan fingerprint density at radius 3 is 2.78 bits per heavy atom. The van der Waals surface area contributed by atoms with Crippen molar-refractivity contribution in [1.82, 2.24) is 5.32 Å². The second-order valence-corrected chi connectivity index (χ2v) is 3.72. The minimum atomic E-state index is -0.361. The third kappa shape index (κ3) is 5.22. The van der Waals surface area contributed by atoms with E-state index in [1.54, 1.807) is 18.2 Å². The number of hydrogen-bond acceptors (Lipinski definition) is 5. The summed E-state index contributed by atoms with van der Waals surface area (Å²) in [6.45, 7) is 2.22. The fraction of sp³-hybridized carbons (Fsp3) is 0.500. The van der Waals surface area contributed by atoms with Gasteiger partial charge in [0.15, 0.2) is 0 Å². The van der Waals surface area contributed by atoms with Gasteiger partial charge in [-0.05, 0) is 13.0 Å². The van der Waals surface area contributed by atoms with Gasteiger partial charge in [-0.3, -0.25) is 10.1 Å². The Balaban J connectivity index is 2.25. The molecule has 6 nitrogen and oxygen atoms in total. The lowest BCUT2D eigenvalue weighted by molar-refractivity contribution is -0.385. The van der Waals surface area contributed by atoms with Gasteiger partial charge in [-0.2, -0.15) is 0 Å². The molecule has 0 aliphatic heterocycles. The molecule has 1 aromatic carbocycles. The number of nitrogens with one attached hydrogen (secondary N) is 1. The summed E-state index contributed by atoms with van der Waals surface area (Å²) >= 11 is 0. The van der Waals surface area contributed by atoms with E-state index >= 15 is 0 Å². The predicted molar refractivity (Wildman–Crippen MR) is 67.6 cm³/mol. The second-order valence-electron chi connectivity index (χ2n) is 3.72. The minimum Gasteiger partial charge on any atom is -0.394 e. The summed E-state index contributed by atoms with van der Waals surface area (Å²) in [5.74, 6) is 0. The fourth-order valence-electron chi connectivity index (χ4n) is 1.56. The van der Waals surface area contributed by atoms with Crippen LogP contribution in [0.25, 0.3) is 0 Å². The molecule has 1 rings (SSSR count). The average Bonchev–Trinajstić information content (AvgIpc) is 2.38. The number of nitro benzene ring substituents is 1. The molecule has 0 saturated carbocycles. The first-order valence-electron chi connectivity index (χ1n) is 5.87. The van der Waals surface area contributed by atoms with Crippen molar-refractivity contribution >= 4 is 5.69 Å². The first-order valence-corrected chi connectivity index (χ1v) is 5.87. The molecule has 0 saturated heterocycles. The molecule has 0 spiro atoms. The highest BCUT2D eigenvalue weighted by Gasteiger charge is 2.10. The minimum absolute atomic E-state index is 0.0240. The molecule has 0 bridgehead atoms. The normalized spacial score (nSPS) is 10.5. The van der Waals surface area contributed by atoms with Gasteiger partial charge < -0.3 is 15.2 Å². The summed E-state index contributed by atoms with van der Waals surface area (Å²) in [5.41, 5.74) is 0.891. The Bertz CT molecular complexity index is 371. The summed E-state index contributed by atoms with van der Waals surface area (Å²) in [5, 5.41) is 22.4. The van der Waals surface area contributed by atoms with Crippen molar-refractivity contribution in [2.24, 2.45) is 0 Å². The van der Waals surface area contributed by atoms with Crippen LogP contribution in [0.15, 0.2) is 24.3 Å². The quantitative estimate of drug-likeness (QED) is 0.385. The summed E-state index contributed by atoms with van der Waals surface area (Å²) < 4.78 is 5.08. The Labute approximate surface area is 106 Å². The first-order chi connectivity index (χ1) is 8.75. The van der Waals surface area contributed by atoms with Gasteiger partial charge in [0.05, 0.1) is 24.7 Å². The third-order valence-electron chi connectivity index (χ3n) is 2.42. The highest BCUT2D eigenvalue weighted by molar-refractivity contribution is 5.39. The van der Waals surface area contributed by atoms with Crippen LogP contribution >= 0.6 is 0 Å². The summed E-state index contributed by atoms with van der Waals surface area (Å²) in [6, 6.07) is 6.74. The van der Waals surface area contributed by atoms with Gasteiger partial charge in [-0.15, -0.1) is 0 Å². The van der Waals surface area contributed by atoms with E-state index in [4.69, 9.17) is 9.84 Å². The average molecular weight is 254 g/mol. The van der Waals surface area contributed by atoms with Crippen LogP contribution in [0.5, 0.6) is 0 Å². The highest BCUT2D eigenvalue weighted by atomic mass is 16.6. The van der Waals surface area contributed by atoms with E-state index in [1.165, 1.54) is 6.07 Å². The summed E-state index contributed by atoms with van der Waals surface area (Å²) in [6.07, 6.45) is 0.608. The number of nitrogens with zero attached hydrogens (tertiary/aromatic N) is 1. The maximum atomic E-state index is 10.8. The number of aliphatic hydroxyl groups is 1. The molecular formula is C12H18N2O4. The van der Waals surface area contributed by atoms with Crippen LogP contribution in [0, 0.1) is 10.1 Å². The van der Waals surface area contributed by atoms with E-state index in [9.17, 15) is 10.1 Å². The van der Waals surface area contributed by atoms with E-state index in [-0.39, 0.29) is 17.2 Å². The van der Waals surface area contributed by atoms with E-state index in [0.29, 0.717) is 32.7 Å². The van der Waals surface area contributed by atoms with Crippen molar-refractivity contribution < 1.29 is 14.8 Å². The zero-order valence-corrected chi connectivity index (χ0v) is 10.2. The predicted octanol–water partition coefficient (Wildman–Crippen LogP) is 0.736. The standard InChI is InChI=1S/C12H18N2O4/c15-8-10-18-9-7-13-6-5-11-3-1-2-4-12(11)14(16)17/h1-4,13,15H,5-10H2. The molecule has 6 heteroatoms. The largest absolute Gasteiger partial charge is 0.394 e. The van der Waals surface area contributed by atoms with Crippen molar-refractivity contribution in [1.29, 1.82) is 0 Å². The molecule has 0 aliphatic carbocycles. The zero-order chi connectivity index (χ0) is 13.2. The third-order valence-corrected chi connectivity index (χ3v) is 2.42. The Morgan fingerprint density at radius 2 is 2.06 bits per heavy atom. The van der Waals surface area contributed by atoms with Crippen LogP contribution in [-0.2, 0) is 11.2 Å². The highest BCUT2D eigenvalue weighted by Crippen LogP contribution is 2.17. The molecule has 18 heavy (non-hydrogen) atoms. The van der Waals surface area contributed by atoms with Gasteiger partial charge in [0.1, 0.15) is 0 Å². The second kappa shape index (κ2) is 8.57. The van der Waals surface area contributed by atoms with Crippen LogP contribution in [-0.4, -0.2) is 42.9 Å². The Hall–Kier alpha value is -1.50. The van der Waals surface area contributed by atoms with Crippen LogP contribution in [0.2, 0.25) is 0 Å². The van der Waals surface area contributed by atoms with Gasteiger partial charge in [-0.25, -0.2) is 0 Å². The van der Waals surface area contributed by atoms with Gasteiger partial charge >= 0.3 is 0 Å². The Kier molecular flexibility index (Phi) is 6.93. The molecule has 0 aromatic heterocycles. The van der Waals surface area contributed by atoms with Crippen molar-refractivity contribution in [2.75, 3.05) is 32.9 Å². The molecule has 1 aromatic rings. The first kappa shape index (κ1) is 14.6. The van der Waals surface area contributed by atoms with Crippen molar-refractivity contribution in [3.8, 4) is 0 Å². The van der Waals surface area contributed by atoms with Crippen LogP contribution in [0.3, 0.4) is 0 Å². The molecule has 0 heterocycles. The topological polar surface area (TPSA) is 84.6 Å². The van der Waals surface area contributed by atoms with Gasteiger partial charge in [0, 0.05) is 18.2 Å². The van der Waals surface area contributed by atoms with Crippen molar-refractivity contribution in [3.63, 3.8) is 0 Å². The van der Waals surface area contributed by atoms with Gasteiger partial charge in [0.2, 0.25) is 0 Å². The molecule has 0 amide bonds. The summed E-state index contributed by atoms with van der Waals surface area (Å²) in [4.78, 5) is 10.4. The molecule has 100 valence electrons. The Morgan fingerprint density at radius 1 is 1.28 bits per heavy atom. The van der Waals surface area contributed by atoms with E-state index in [1.807, 2.05) is 0 Å². The molecule has 0 aliphatic rings. The van der Waals surface area contributed by atoms with E-state index in [0.717, 1.165) is 5.56 Å². The molecule has 0 radical (unpaired) electrons. The number of aliphatic hydroxyl groups excluding tert-OH is 1. The van der Waals surface area contributed by atoms with Crippen LogP contribution in [0.4, 0.5) is 5.69 Å². The van der Waals surface area contributed by atoms with E-state index in [2.05, 4.69) is 5.32 Å². The maximum absolute atomic E-state index is 10.8. The van der Waals surface area contributed by atoms with Crippen molar-refractivity contribution in [3.05, 3.63) is 39.9 Å². The van der Waals surface area contributed by atoms with Crippen LogP contribution in [0.1, 0.15) is 5.56 Å². The van der Waals surface area contributed by atoms with Gasteiger partial charge in [-0.1, -0.05) is 18.2 Å². The lowest BCUT2D eigenvalue weighted by Gasteiger charge is -2.05. The molecule has 0 atom stereocenters. The fourth-order valence-corrected chi connectivity index (χ4v) is 1.56. The molecule has 0 unspecified atom stereocenters. The lowest BCUT2D eigenvalue weighted by atomic mass is 10.1. The number of ether oxygens (including phenoxy) is 1. The molecular weight excluding hydrogens is 236 g/mol. The maximum Gasteiger partial charge on any atom is 0.272 e. The summed E-state index contributed by atoms with van der Waals surface area (Å²) in [7, 11) is 0. The van der Waals surface area contributed by atoms with Crippen molar-refractivity contribution in [2.45, 2.75) is 6.42 Å². The van der Waals surface area contributed by atoms with Crippen LogP contribution < -0.4 is 5.32 Å². The lowest BCUT2D eigenvalue weighted by Crippen LogP contribution is -2.23. The zero-order valence-electron chi connectivity index (χ0n) is 10.2. The number of hydrogen-bond donors (Lipinski definition) is 2. The van der Waals surface area contributed by atoms with E-state index < -0.39 is 0 Å².